The Kier molecular flexibility index (Phi) is 13.1. The fourth-order valence-electron chi connectivity index (χ4n) is 2.44. The molecule has 0 unspecified atom stereocenters. The summed E-state index contributed by atoms with van der Waals surface area (Å²) in [5, 5.41) is 3.39. The number of methoxy groups -OCH3 is 2. The van der Waals surface area contributed by atoms with Gasteiger partial charge in [0.1, 0.15) is 0 Å². The van der Waals surface area contributed by atoms with Gasteiger partial charge >= 0.3 is 0 Å². The first kappa shape index (κ1) is 23.9. The average Bonchev–Trinajstić information content (AvgIpc) is 2.56. The number of rotatable bonds is 9. The van der Waals surface area contributed by atoms with E-state index < -0.39 is 0 Å². The molecule has 144 valence electrons. The lowest BCUT2D eigenvalue weighted by Gasteiger charge is -2.34. The molecular formula is C17H36IN3O3. The van der Waals surface area contributed by atoms with E-state index in [0.717, 1.165) is 58.1 Å². The first-order chi connectivity index (χ1) is 11.0. The van der Waals surface area contributed by atoms with E-state index in [1.54, 1.807) is 14.2 Å². The van der Waals surface area contributed by atoms with Crippen LogP contribution in [-0.2, 0) is 14.2 Å². The van der Waals surface area contributed by atoms with Crippen molar-refractivity contribution in [3.05, 3.63) is 0 Å². The molecule has 1 heterocycles. The zero-order valence-electron chi connectivity index (χ0n) is 16.0. The van der Waals surface area contributed by atoms with Crippen LogP contribution in [0.15, 0.2) is 4.99 Å². The minimum absolute atomic E-state index is 0. The number of guanidine groups is 1. The molecule has 0 saturated carbocycles. The quantitative estimate of drug-likeness (QED) is 0.250. The Labute approximate surface area is 164 Å². The second-order valence-electron chi connectivity index (χ2n) is 6.54. The molecule has 0 aromatic rings. The predicted octanol–water partition coefficient (Wildman–Crippen LogP) is 2.51. The van der Waals surface area contributed by atoms with Crippen LogP contribution in [0.1, 0.15) is 40.0 Å². The first-order valence-corrected chi connectivity index (χ1v) is 8.71. The molecule has 0 spiro atoms. The molecule has 1 aliphatic rings. The molecule has 24 heavy (non-hydrogen) atoms. The zero-order valence-corrected chi connectivity index (χ0v) is 18.3. The van der Waals surface area contributed by atoms with Gasteiger partial charge in [-0.25, -0.2) is 0 Å². The van der Waals surface area contributed by atoms with E-state index in [9.17, 15) is 0 Å². The molecule has 0 radical (unpaired) electrons. The van der Waals surface area contributed by atoms with E-state index in [4.69, 9.17) is 19.2 Å². The summed E-state index contributed by atoms with van der Waals surface area (Å²) in [4.78, 5) is 7.06. The van der Waals surface area contributed by atoms with Gasteiger partial charge in [-0.1, -0.05) is 0 Å². The van der Waals surface area contributed by atoms with Crippen molar-refractivity contribution in [2.45, 2.75) is 51.7 Å². The molecule has 0 amide bonds. The molecule has 0 bridgehead atoms. The van der Waals surface area contributed by atoms with Gasteiger partial charge in [0, 0.05) is 47.1 Å². The molecule has 0 aliphatic carbocycles. The monoisotopic (exact) mass is 457 g/mol. The van der Waals surface area contributed by atoms with Crippen molar-refractivity contribution in [2.75, 3.05) is 53.6 Å². The SMILES string of the molecule is CCNC(=NCC(C)(C)OC)N1CCC(OCCCOC)CC1.I. The van der Waals surface area contributed by atoms with Gasteiger partial charge in [0.2, 0.25) is 0 Å². The lowest BCUT2D eigenvalue weighted by atomic mass is 10.1. The smallest absolute Gasteiger partial charge is 0.194 e. The van der Waals surface area contributed by atoms with E-state index in [-0.39, 0.29) is 29.6 Å². The van der Waals surface area contributed by atoms with Crippen LogP contribution < -0.4 is 5.32 Å². The fourth-order valence-corrected chi connectivity index (χ4v) is 2.44. The Morgan fingerprint density at radius 1 is 1.21 bits per heavy atom. The van der Waals surface area contributed by atoms with E-state index in [0.29, 0.717) is 12.6 Å². The van der Waals surface area contributed by atoms with Crippen molar-refractivity contribution in [3.8, 4) is 0 Å². The van der Waals surface area contributed by atoms with Crippen LogP contribution in [0.3, 0.4) is 0 Å². The third-order valence-electron chi connectivity index (χ3n) is 4.08. The van der Waals surface area contributed by atoms with Crippen LogP contribution in [0.5, 0.6) is 0 Å². The van der Waals surface area contributed by atoms with Gasteiger partial charge in [0.25, 0.3) is 0 Å². The summed E-state index contributed by atoms with van der Waals surface area (Å²) in [5.74, 6) is 0.982. The minimum Gasteiger partial charge on any atom is -0.385 e. The Morgan fingerprint density at radius 2 is 1.88 bits per heavy atom. The molecule has 1 aliphatic heterocycles. The second-order valence-corrected chi connectivity index (χ2v) is 6.54. The average molecular weight is 457 g/mol. The highest BCUT2D eigenvalue weighted by Crippen LogP contribution is 2.15. The highest BCUT2D eigenvalue weighted by atomic mass is 127. The standard InChI is InChI=1S/C17H35N3O3.HI/c1-6-18-16(19-14-17(2,3)22-5)20-10-8-15(9-11-20)23-13-7-12-21-4;/h15H,6-14H2,1-5H3,(H,18,19);1H. The summed E-state index contributed by atoms with van der Waals surface area (Å²) >= 11 is 0. The number of hydrogen-bond acceptors (Lipinski definition) is 4. The number of nitrogens with one attached hydrogen (secondary N) is 1. The maximum absolute atomic E-state index is 5.92. The van der Waals surface area contributed by atoms with Gasteiger partial charge < -0.3 is 24.4 Å². The number of piperidine rings is 1. The van der Waals surface area contributed by atoms with Crippen LogP contribution in [0.25, 0.3) is 0 Å². The molecule has 1 rings (SSSR count). The van der Waals surface area contributed by atoms with Gasteiger partial charge in [-0.15, -0.1) is 24.0 Å². The fraction of sp³-hybridized carbons (Fsp3) is 0.941. The topological polar surface area (TPSA) is 55.3 Å². The zero-order chi connectivity index (χ0) is 17.1. The Hall–Kier alpha value is -0.120. The summed E-state index contributed by atoms with van der Waals surface area (Å²) in [6.45, 7) is 11.3. The van der Waals surface area contributed by atoms with Crippen LogP contribution >= 0.6 is 24.0 Å². The van der Waals surface area contributed by atoms with Gasteiger partial charge in [0.05, 0.1) is 18.2 Å². The Bertz CT molecular complexity index is 346. The highest BCUT2D eigenvalue weighted by Gasteiger charge is 2.23. The van der Waals surface area contributed by atoms with Crippen molar-refractivity contribution < 1.29 is 14.2 Å². The second kappa shape index (κ2) is 13.1. The summed E-state index contributed by atoms with van der Waals surface area (Å²) in [7, 11) is 3.46. The van der Waals surface area contributed by atoms with Crippen molar-refractivity contribution in [1.29, 1.82) is 0 Å². The number of likely N-dealkylation sites (tertiary alicyclic amines) is 1. The maximum atomic E-state index is 5.92. The summed E-state index contributed by atoms with van der Waals surface area (Å²) in [5.41, 5.74) is -0.233. The molecule has 7 heteroatoms. The van der Waals surface area contributed by atoms with Gasteiger partial charge in [-0.3, -0.25) is 4.99 Å². The molecule has 0 aromatic carbocycles. The van der Waals surface area contributed by atoms with E-state index >= 15 is 0 Å². The number of hydrogen-bond donors (Lipinski definition) is 1. The van der Waals surface area contributed by atoms with Crippen molar-refractivity contribution in [2.24, 2.45) is 4.99 Å². The van der Waals surface area contributed by atoms with Crippen molar-refractivity contribution in [3.63, 3.8) is 0 Å². The highest BCUT2D eigenvalue weighted by molar-refractivity contribution is 14.0. The molecular weight excluding hydrogens is 421 g/mol. The summed E-state index contributed by atoms with van der Waals surface area (Å²) < 4.78 is 16.4. The number of aliphatic imine (C=N–C) groups is 1. The Morgan fingerprint density at radius 3 is 2.42 bits per heavy atom. The van der Waals surface area contributed by atoms with Crippen molar-refractivity contribution in [1.82, 2.24) is 10.2 Å². The number of nitrogens with zero attached hydrogens (tertiary/aromatic N) is 2. The van der Waals surface area contributed by atoms with Crippen LogP contribution in [0.2, 0.25) is 0 Å². The molecule has 1 fully saturated rings. The predicted molar refractivity (Wildman–Crippen MR) is 110 cm³/mol. The van der Waals surface area contributed by atoms with Gasteiger partial charge in [-0.2, -0.15) is 0 Å². The molecule has 1 saturated heterocycles. The van der Waals surface area contributed by atoms with E-state index in [1.807, 2.05) is 0 Å². The minimum atomic E-state index is -0.233. The third-order valence-corrected chi connectivity index (χ3v) is 4.08. The van der Waals surface area contributed by atoms with Crippen LogP contribution in [0, 0.1) is 0 Å². The lowest BCUT2D eigenvalue weighted by molar-refractivity contribution is 0.00947. The largest absolute Gasteiger partial charge is 0.385 e. The van der Waals surface area contributed by atoms with Crippen LogP contribution in [-0.4, -0.2) is 76.2 Å². The van der Waals surface area contributed by atoms with E-state index in [1.165, 1.54) is 0 Å². The number of halogens is 1. The summed E-state index contributed by atoms with van der Waals surface area (Å²) in [6.07, 6.45) is 3.42. The normalized spacial score (nSPS) is 16.9. The number of ether oxygens (including phenoxy) is 3. The van der Waals surface area contributed by atoms with E-state index in [2.05, 4.69) is 31.0 Å². The molecule has 0 aromatic heterocycles. The maximum Gasteiger partial charge on any atom is 0.194 e. The molecule has 1 N–H and O–H groups in total. The van der Waals surface area contributed by atoms with Crippen LogP contribution in [0.4, 0.5) is 0 Å². The summed E-state index contributed by atoms with van der Waals surface area (Å²) in [6, 6.07) is 0. The lowest BCUT2D eigenvalue weighted by Crippen LogP contribution is -2.47. The van der Waals surface area contributed by atoms with Crippen molar-refractivity contribution >= 4 is 29.9 Å². The Balaban J connectivity index is 0.00000529. The molecule has 6 nitrogen and oxygen atoms in total. The van der Waals surface area contributed by atoms with Gasteiger partial charge in [0.15, 0.2) is 5.96 Å². The third kappa shape index (κ3) is 9.39. The first-order valence-electron chi connectivity index (χ1n) is 8.71. The molecule has 0 atom stereocenters. The van der Waals surface area contributed by atoms with Gasteiger partial charge in [-0.05, 0) is 40.0 Å².